The largest absolute Gasteiger partial charge is 0.465 e. The Hall–Kier alpha value is -1.14. The molecule has 0 spiro atoms. The van der Waals surface area contributed by atoms with Crippen LogP contribution in [0.3, 0.4) is 0 Å². The molecule has 1 atom stereocenters. The van der Waals surface area contributed by atoms with Crippen molar-refractivity contribution >= 4 is 20.3 Å². The zero-order valence-corrected chi connectivity index (χ0v) is 19.9. The second kappa shape index (κ2) is 10.6. The molecule has 1 fully saturated rings. The van der Waals surface area contributed by atoms with E-state index in [2.05, 4.69) is 40.4 Å². The molecule has 1 saturated carbocycles. The van der Waals surface area contributed by atoms with Crippen LogP contribution in [0.4, 0.5) is 0 Å². The maximum Gasteiger partial charge on any atom is 0.320 e. The van der Waals surface area contributed by atoms with Crippen LogP contribution < -0.4 is 0 Å². The van der Waals surface area contributed by atoms with Gasteiger partial charge in [-0.15, -0.1) is 6.58 Å². The number of allylic oxidation sites excluding steroid dienone is 1. The van der Waals surface area contributed by atoms with Gasteiger partial charge in [-0.3, -0.25) is 9.59 Å². The molecule has 5 nitrogen and oxygen atoms in total. The average molecular weight is 413 g/mol. The smallest absolute Gasteiger partial charge is 0.320 e. The second-order valence-corrected chi connectivity index (χ2v) is 14.0. The van der Waals surface area contributed by atoms with Gasteiger partial charge in [0.05, 0.1) is 13.2 Å². The fourth-order valence-electron chi connectivity index (χ4n) is 3.66. The summed E-state index contributed by atoms with van der Waals surface area (Å²) in [6.07, 6.45) is 5.69. The number of carbonyl (C=O) groups is 2. The molecule has 0 radical (unpaired) electrons. The minimum atomic E-state index is -1.80. The van der Waals surface area contributed by atoms with E-state index in [9.17, 15) is 9.59 Å². The van der Waals surface area contributed by atoms with Crippen molar-refractivity contribution in [2.24, 2.45) is 17.8 Å². The van der Waals surface area contributed by atoms with Gasteiger partial charge in [0.1, 0.15) is 0 Å². The van der Waals surface area contributed by atoms with Crippen molar-refractivity contribution in [2.45, 2.75) is 84.5 Å². The first-order chi connectivity index (χ1) is 13.0. The van der Waals surface area contributed by atoms with Crippen molar-refractivity contribution in [1.29, 1.82) is 0 Å². The lowest BCUT2D eigenvalue weighted by atomic mass is 9.73. The normalized spacial score (nSPS) is 21.9. The van der Waals surface area contributed by atoms with E-state index in [4.69, 9.17) is 13.9 Å². The molecule has 1 rings (SSSR count). The number of hydrogen-bond acceptors (Lipinski definition) is 5. The van der Waals surface area contributed by atoms with Gasteiger partial charge in [-0.05, 0) is 63.6 Å². The summed E-state index contributed by atoms with van der Waals surface area (Å²) in [4.78, 5) is 24.9. The van der Waals surface area contributed by atoms with Gasteiger partial charge in [0.25, 0.3) is 0 Å². The maximum atomic E-state index is 12.5. The van der Waals surface area contributed by atoms with E-state index in [1.807, 2.05) is 0 Å². The maximum absolute atomic E-state index is 12.5. The first-order valence-electron chi connectivity index (χ1n) is 10.6. The Morgan fingerprint density at radius 2 is 1.50 bits per heavy atom. The van der Waals surface area contributed by atoms with Gasteiger partial charge in [-0.2, -0.15) is 0 Å². The highest BCUT2D eigenvalue weighted by Gasteiger charge is 2.43. The molecule has 0 heterocycles. The molecule has 0 amide bonds. The Morgan fingerprint density at radius 3 is 1.86 bits per heavy atom. The summed E-state index contributed by atoms with van der Waals surface area (Å²) in [5.74, 6) is -2.02. The molecular weight excluding hydrogens is 372 g/mol. The lowest BCUT2D eigenvalue weighted by molar-refractivity contribution is -0.164. The van der Waals surface area contributed by atoms with E-state index in [1.54, 1.807) is 19.9 Å². The van der Waals surface area contributed by atoms with Crippen LogP contribution in [0.5, 0.6) is 0 Å². The van der Waals surface area contributed by atoms with Crippen LogP contribution in [0.15, 0.2) is 12.7 Å². The monoisotopic (exact) mass is 412 g/mol. The highest BCUT2D eigenvalue weighted by Crippen LogP contribution is 2.41. The molecule has 162 valence electrons. The molecule has 0 N–H and O–H groups in total. The molecule has 1 aliphatic carbocycles. The number of ether oxygens (including phenoxy) is 2. The molecule has 28 heavy (non-hydrogen) atoms. The van der Waals surface area contributed by atoms with Gasteiger partial charge >= 0.3 is 11.9 Å². The fourth-order valence-corrected chi connectivity index (χ4v) is 5.08. The minimum absolute atomic E-state index is 0.187. The number of esters is 2. The van der Waals surface area contributed by atoms with Crippen molar-refractivity contribution in [2.75, 3.05) is 13.2 Å². The van der Waals surface area contributed by atoms with Crippen LogP contribution in [0.2, 0.25) is 18.1 Å². The lowest BCUT2D eigenvalue weighted by Gasteiger charge is -2.42. The van der Waals surface area contributed by atoms with Crippen LogP contribution >= 0.6 is 0 Å². The Kier molecular flexibility index (Phi) is 9.41. The minimum Gasteiger partial charge on any atom is -0.465 e. The van der Waals surface area contributed by atoms with Crippen molar-refractivity contribution < 1.29 is 23.5 Å². The van der Waals surface area contributed by atoms with Gasteiger partial charge in [-0.25, -0.2) is 0 Å². The summed E-state index contributed by atoms with van der Waals surface area (Å²) in [7, 11) is -1.80. The SMILES string of the molecule is C=CC(C1CCC(O[Si](C)(C)C(C)(C)C)CC1)C(C(=O)OCC)C(=O)OCC. The summed E-state index contributed by atoms with van der Waals surface area (Å²) in [5, 5.41) is 0.187. The summed E-state index contributed by atoms with van der Waals surface area (Å²) in [6, 6.07) is 0. The predicted molar refractivity (Wildman–Crippen MR) is 114 cm³/mol. The quantitative estimate of drug-likeness (QED) is 0.228. The topological polar surface area (TPSA) is 61.8 Å². The van der Waals surface area contributed by atoms with E-state index in [0.717, 1.165) is 25.7 Å². The van der Waals surface area contributed by atoms with E-state index in [0.29, 0.717) is 0 Å². The van der Waals surface area contributed by atoms with E-state index in [-0.39, 0.29) is 36.2 Å². The number of hydrogen-bond donors (Lipinski definition) is 0. The number of carbonyl (C=O) groups excluding carboxylic acids is 2. The Bertz CT molecular complexity index is 512. The predicted octanol–water partition coefficient (Wildman–Crippen LogP) is 5.11. The zero-order chi connectivity index (χ0) is 21.5. The molecule has 0 bridgehead atoms. The van der Waals surface area contributed by atoms with Crippen LogP contribution in [-0.4, -0.2) is 39.6 Å². The Labute approximate surface area is 172 Å². The molecule has 1 unspecified atom stereocenters. The molecule has 0 aromatic carbocycles. The van der Waals surface area contributed by atoms with Crippen LogP contribution in [0, 0.1) is 17.8 Å². The van der Waals surface area contributed by atoms with Gasteiger partial charge in [0.2, 0.25) is 0 Å². The van der Waals surface area contributed by atoms with E-state index < -0.39 is 26.2 Å². The van der Waals surface area contributed by atoms with Gasteiger partial charge < -0.3 is 13.9 Å². The fraction of sp³-hybridized carbons (Fsp3) is 0.818. The van der Waals surface area contributed by atoms with Crippen molar-refractivity contribution in [3.05, 3.63) is 12.7 Å². The highest BCUT2D eigenvalue weighted by atomic mass is 28.4. The average Bonchev–Trinajstić information content (AvgIpc) is 2.59. The first kappa shape index (κ1) is 24.9. The summed E-state index contributed by atoms with van der Waals surface area (Å²) in [6.45, 7) is 19.2. The summed E-state index contributed by atoms with van der Waals surface area (Å²) in [5.41, 5.74) is 0. The van der Waals surface area contributed by atoms with Gasteiger partial charge in [0.15, 0.2) is 14.2 Å². The number of rotatable bonds is 9. The molecular formula is C22H40O5Si. The molecule has 0 aromatic heterocycles. The first-order valence-corrected chi connectivity index (χ1v) is 13.5. The zero-order valence-electron chi connectivity index (χ0n) is 18.9. The van der Waals surface area contributed by atoms with Gasteiger partial charge in [0, 0.05) is 12.0 Å². The molecule has 6 heteroatoms. The van der Waals surface area contributed by atoms with E-state index in [1.165, 1.54) is 0 Å². The third-order valence-corrected chi connectivity index (χ3v) is 10.8. The molecule has 0 aliphatic heterocycles. The van der Waals surface area contributed by atoms with Crippen LogP contribution in [-0.2, 0) is 23.5 Å². The van der Waals surface area contributed by atoms with Crippen molar-refractivity contribution in [3.63, 3.8) is 0 Å². The molecule has 1 aliphatic rings. The van der Waals surface area contributed by atoms with E-state index >= 15 is 0 Å². The highest BCUT2D eigenvalue weighted by molar-refractivity contribution is 6.74. The molecule has 0 saturated heterocycles. The lowest BCUT2D eigenvalue weighted by Crippen LogP contribution is -2.45. The third kappa shape index (κ3) is 6.44. The van der Waals surface area contributed by atoms with Crippen molar-refractivity contribution in [1.82, 2.24) is 0 Å². The summed E-state index contributed by atoms with van der Waals surface area (Å²) < 4.78 is 16.9. The van der Waals surface area contributed by atoms with Crippen LogP contribution in [0.1, 0.15) is 60.3 Å². The van der Waals surface area contributed by atoms with Crippen molar-refractivity contribution in [3.8, 4) is 0 Å². The summed E-state index contributed by atoms with van der Waals surface area (Å²) >= 11 is 0. The Balaban J connectivity index is 2.83. The standard InChI is InChI=1S/C22H40O5Si/c1-9-18(19(20(23)25-10-2)21(24)26-11-3)16-12-14-17(15-13-16)27-28(7,8)22(4,5)6/h9,16-19H,1,10-15H2,2-8H3. The third-order valence-electron chi connectivity index (χ3n) is 6.27. The van der Waals surface area contributed by atoms with Crippen LogP contribution in [0.25, 0.3) is 0 Å². The second-order valence-electron chi connectivity index (χ2n) is 9.21. The molecule has 0 aromatic rings. The van der Waals surface area contributed by atoms with Gasteiger partial charge in [-0.1, -0.05) is 26.8 Å². The Morgan fingerprint density at radius 1 is 1.04 bits per heavy atom.